The number of rotatable bonds is 7. The van der Waals surface area contributed by atoms with Gasteiger partial charge in [0.2, 0.25) is 0 Å². The smallest absolute Gasteiger partial charge is 0.152 e. The first-order chi connectivity index (χ1) is 13.3. The zero-order chi connectivity index (χ0) is 19.1. The summed E-state index contributed by atoms with van der Waals surface area (Å²) >= 11 is 0. The molecule has 1 aromatic heterocycles. The molecule has 8 heteroatoms. The summed E-state index contributed by atoms with van der Waals surface area (Å²) in [6, 6.07) is 7.93. The predicted molar refractivity (Wildman–Crippen MR) is 102 cm³/mol. The third-order valence-electron chi connectivity index (χ3n) is 4.42. The average Bonchev–Trinajstić information content (AvgIpc) is 2.74. The third-order valence-corrected chi connectivity index (χ3v) is 4.42. The van der Waals surface area contributed by atoms with Gasteiger partial charge in [0.15, 0.2) is 5.82 Å². The molecule has 0 spiro atoms. The molecule has 0 bridgehead atoms. The summed E-state index contributed by atoms with van der Waals surface area (Å²) in [5, 5.41) is 12.9. The number of morpholine rings is 1. The van der Waals surface area contributed by atoms with Gasteiger partial charge in [0.1, 0.15) is 35.3 Å². The van der Waals surface area contributed by atoms with Crippen LogP contribution < -0.4 is 19.7 Å². The third kappa shape index (κ3) is 4.38. The zero-order valence-corrected chi connectivity index (χ0v) is 15.6. The van der Waals surface area contributed by atoms with Crippen LogP contribution in [0.5, 0.6) is 11.5 Å². The molecular formula is C19H23N5O3. The number of benzene rings is 1. The van der Waals surface area contributed by atoms with Crippen molar-refractivity contribution in [2.75, 3.05) is 57.3 Å². The maximum absolute atomic E-state index is 9.63. The van der Waals surface area contributed by atoms with Crippen LogP contribution in [0.25, 0.3) is 0 Å². The average molecular weight is 369 g/mol. The lowest BCUT2D eigenvalue weighted by molar-refractivity contribution is 0.122. The van der Waals surface area contributed by atoms with Gasteiger partial charge in [-0.15, -0.1) is 0 Å². The molecule has 1 aliphatic heterocycles. The molecule has 0 amide bonds. The summed E-state index contributed by atoms with van der Waals surface area (Å²) in [7, 11) is 3.28. The van der Waals surface area contributed by atoms with Crippen LogP contribution in [0.1, 0.15) is 11.1 Å². The van der Waals surface area contributed by atoms with Crippen LogP contribution in [0.3, 0.4) is 0 Å². The topological polar surface area (TPSA) is 92.5 Å². The molecule has 1 fully saturated rings. The summed E-state index contributed by atoms with van der Waals surface area (Å²) in [6.07, 6.45) is 2.18. The number of methoxy groups -OCH3 is 2. The van der Waals surface area contributed by atoms with E-state index in [0.717, 1.165) is 17.1 Å². The van der Waals surface area contributed by atoms with E-state index in [4.69, 9.17) is 14.2 Å². The van der Waals surface area contributed by atoms with Crippen LogP contribution in [-0.4, -0.2) is 57.0 Å². The molecule has 0 aliphatic carbocycles. The van der Waals surface area contributed by atoms with Gasteiger partial charge in [-0.05, 0) is 30.2 Å². The second-order valence-corrected chi connectivity index (χ2v) is 5.99. The number of hydrogen-bond acceptors (Lipinski definition) is 8. The number of ether oxygens (including phenoxy) is 3. The normalized spacial score (nSPS) is 13.7. The molecule has 1 aromatic carbocycles. The maximum atomic E-state index is 9.63. The van der Waals surface area contributed by atoms with Gasteiger partial charge in [-0.25, -0.2) is 9.97 Å². The van der Waals surface area contributed by atoms with Gasteiger partial charge in [0, 0.05) is 19.6 Å². The van der Waals surface area contributed by atoms with E-state index in [2.05, 4.69) is 26.3 Å². The first-order valence-corrected chi connectivity index (χ1v) is 8.79. The lowest BCUT2D eigenvalue weighted by Gasteiger charge is -2.28. The van der Waals surface area contributed by atoms with Crippen LogP contribution in [0, 0.1) is 11.3 Å². The van der Waals surface area contributed by atoms with Crippen molar-refractivity contribution in [1.29, 1.82) is 5.26 Å². The first-order valence-electron chi connectivity index (χ1n) is 8.79. The quantitative estimate of drug-likeness (QED) is 0.791. The predicted octanol–water partition coefficient (Wildman–Crippen LogP) is 1.86. The van der Waals surface area contributed by atoms with Crippen molar-refractivity contribution < 1.29 is 14.2 Å². The van der Waals surface area contributed by atoms with Crippen molar-refractivity contribution in [3.05, 3.63) is 35.7 Å². The van der Waals surface area contributed by atoms with Gasteiger partial charge >= 0.3 is 0 Å². The second-order valence-electron chi connectivity index (χ2n) is 5.99. The lowest BCUT2D eigenvalue weighted by atomic mass is 10.1. The van der Waals surface area contributed by atoms with Crippen molar-refractivity contribution in [2.24, 2.45) is 0 Å². The van der Waals surface area contributed by atoms with Crippen LogP contribution in [0.15, 0.2) is 24.5 Å². The van der Waals surface area contributed by atoms with Crippen molar-refractivity contribution in [2.45, 2.75) is 6.42 Å². The Hall–Kier alpha value is -3.05. The molecule has 0 unspecified atom stereocenters. The molecule has 142 valence electrons. The molecule has 27 heavy (non-hydrogen) atoms. The fourth-order valence-corrected chi connectivity index (χ4v) is 3.02. The highest BCUT2D eigenvalue weighted by atomic mass is 16.5. The van der Waals surface area contributed by atoms with Crippen LogP contribution >= 0.6 is 0 Å². The highest BCUT2D eigenvalue weighted by Crippen LogP contribution is 2.26. The number of anilines is 2. The fraction of sp³-hybridized carbons (Fsp3) is 0.421. The molecule has 1 saturated heterocycles. The Balaban J connectivity index is 1.72. The Morgan fingerprint density at radius 3 is 2.74 bits per heavy atom. The Morgan fingerprint density at radius 2 is 2.04 bits per heavy atom. The SMILES string of the molecule is COc1ccc(OC)c(CCNc2ncnc(N3CCOCC3)c2C#N)c1. The van der Waals surface area contributed by atoms with Crippen molar-refractivity contribution in [3.63, 3.8) is 0 Å². The summed E-state index contributed by atoms with van der Waals surface area (Å²) in [6.45, 7) is 3.29. The molecule has 3 rings (SSSR count). The van der Waals surface area contributed by atoms with Crippen molar-refractivity contribution >= 4 is 11.6 Å². The monoisotopic (exact) mass is 369 g/mol. The molecule has 1 aliphatic rings. The number of nitrogens with one attached hydrogen (secondary N) is 1. The van der Waals surface area contributed by atoms with Gasteiger partial charge in [-0.2, -0.15) is 5.26 Å². The number of nitriles is 1. The van der Waals surface area contributed by atoms with Crippen LogP contribution in [0.4, 0.5) is 11.6 Å². The van der Waals surface area contributed by atoms with Gasteiger partial charge in [0.25, 0.3) is 0 Å². The Kier molecular flexibility index (Phi) is 6.28. The molecule has 8 nitrogen and oxygen atoms in total. The van der Waals surface area contributed by atoms with Gasteiger partial charge < -0.3 is 24.4 Å². The molecule has 1 N–H and O–H groups in total. The summed E-state index contributed by atoms with van der Waals surface area (Å²) in [5.41, 5.74) is 1.47. The van der Waals surface area contributed by atoms with E-state index < -0.39 is 0 Å². The van der Waals surface area contributed by atoms with E-state index >= 15 is 0 Å². The van der Waals surface area contributed by atoms with Gasteiger partial charge in [-0.3, -0.25) is 0 Å². The molecule has 2 heterocycles. The highest BCUT2D eigenvalue weighted by Gasteiger charge is 2.19. The molecular weight excluding hydrogens is 346 g/mol. The minimum atomic E-state index is 0.456. The minimum absolute atomic E-state index is 0.456. The van der Waals surface area contributed by atoms with Crippen LogP contribution in [0.2, 0.25) is 0 Å². The van der Waals surface area contributed by atoms with E-state index in [1.54, 1.807) is 14.2 Å². The highest BCUT2D eigenvalue weighted by molar-refractivity contribution is 5.65. The molecule has 0 radical (unpaired) electrons. The standard InChI is InChI=1S/C19H23N5O3/c1-25-15-3-4-17(26-2)14(11-15)5-6-21-18-16(12-20)19(23-13-22-18)24-7-9-27-10-8-24/h3-4,11,13H,5-10H2,1-2H3,(H,21,22,23). The Bertz CT molecular complexity index is 815. The fourth-order valence-electron chi connectivity index (χ4n) is 3.02. The maximum Gasteiger partial charge on any atom is 0.152 e. The zero-order valence-electron chi connectivity index (χ0n) is 15.6. The molecule has 0 atom stereocenters. The summed E-state index contributed by atoms with van der Waals surface area (Å²) in [4.78, 5) is 10.6. The van der Waals surface area contributed by atoms with Gasteiger partial charge in [0.05, 0.1) is 27.4 Å². The molecule has 0 saturated carbocycles. The molecule has 2 aromatic rings. The number of hydrogen-bond donors (Lipinski definition) is 1. The van der Waals surface area contributed by atoms with Gasteiger partial charge in [-0.1, -0.05) is 0 Å². The lowest BCUT2D eigenvalue weighted by Crippen LogP contribution is -2.37. The van der Waals surface area contributed by atoms with Crippen molar-refractivity contribution in [1.82, 2.24) is 9.97 Å². The number of nitrogens with zero attached hydrogens (tertiary/aromatic N) is 4. The first kappa shape index (κ1) is 18.7. The van der Waals surface area contributed by atoms with E-state index in [-0.39, 0.29) is 0 Å². The van der Waals surface area contributed by atoms with E-state index in [9.17, 15) is 5.26 Å². The Labute approximate surface area is 158 Å². The minimum Gasteiger partial charge on any atom is -0.497 e. The van der Waals surface area contributed by atoms with Crippen molar-refractivity contribution in [3.8, 4) is 17.6 Å². The van der Waals surface area contributed by atoms with E-state index in [1.807, 2.05) is 18.2 Å². The number of aromatic nitrogens is 2. The second kappa shape index (κ2) is 9.05. The largest absolute Gasteiger partial charge is 0.497 e. The van der Waals surface area contributed by atoms with E-state index in [1.165, 1.54) is 6.33 Å². The van der Waals surface area contributed by atoms with Crippen LogP contribution in [-0.2, 0) is 11.2 Å². The van der Waals surface area contributed by atoms with E-state index in [0.29, 0.717) is 56.5 Å². The summed E-state index contributed by atoms with van der Waals surface area (Å²) < 4.78 is 16.1. The summed E-state index contributed by atoms with van der Waals surface area (Å²) in [5.74, 6) is 2.77. The Morgan fingerprint density at radius 1 is 1.22 bits per heavy atom.